The van der Waals surface area contributed by atoms with Crippen molar-refractivity contribution in [2.45, 2.75) is 30.8 Å². The summed E-state index contributed by atoms with van der Waals surface area (Å²) in [6, 6.07) is 13.1. The third-order valence-corrected chi connectivity index (χ3v) is 5.57. The maximum Gasteiger partial charge on any atom is 0.262 e. The molecule has 2 aromatic carbocycles. The molecule has 4 rings (SSSR count). The lowest BCUT2D eigenvalue weighted by molar-refractivity contribution is -0.118. The van der Waals surface area contributed by atoms with Crippen LogP contribution in [0.4, 0.5) is 5.69 Å². The summed E-state index contributed by atoms with van der Waals surface area (Å²) >= 11 is 1.45. The molecular formula is C20H19N3O3S. The van der Waals surface area contributed by atoms with E-state index in [1.807, 2.05) is 31.2 Å². The summed E-state index contributed by atoms with van der Waals surface area (Å²) in [7, 11) is 0. The van der Waals surface area contributed by atoms with Gasteiger partial charge in [-0.2, -0.15) is 0 Å². The number of anilines is 1. The summed E-state index contributed by atoms with van der Waals surface area (Å²) in [4.78, 5) is 29.1. The number of aryl methyl sites for hydroxylation is 1. The lowest BCUT2D eigenvalue weighted by atomic mass is 10.1. The third kappa shape index (κ3) is 3.30. The molecule has 0 saturated carbocycles. The second-order valence-electron chi connectivity index (χ2n) is 6.30. The van der Waals surface area contributed by atoms with Crippen molar-refractivity contribution in [3.63, 3.8) is 0 Å². The molecule has 6 nitrogen and oxygen atoms in total. The van der Waals surface area contributed by atoms with Crippen molar-refractivity contribution in [1.82, 2.24) is 9.55 Å². The van der Waals surface area contributed by atoms with E-state index in [1.54, 1.807) is 18.2 Å². The maximum absolute atomic E-state index is 12.9. The molecule has 0 fully saturated rings. The molecule has 0 unspecified atom stereocenters. The Morgan fingerprint density at radius 3 is 2.96 bits per heavy atom. The second-order valence-corrected chi connectivity index (χ2v) is 7.61. The first-order chi connectivity index (χ1) is 13.1. The van der Waals surface area contributed by atoms with Crippen molar-refractivity contribution in [3.8, 4) is 5.75 Å². The minimum Gasteiger partial charge on any atom is -0.482 e. The molecule has 0 aliphatic carbocycles. The summed E-state index contributed by atoms with van der Waals surface area (Å²) < 4.78 is 7.46. The largest absolute Gasteiger partial charge is 0.482 e. The van der Waals surface area contributed by atoms with Gasteiger partial charge in [-0.3, -0.25) is 9.59 Å². The van der Waals surface area contributed by atoms with Gasteiger partial charge in [-0.15, -0.1) is 0 Å². The van der Waals surface area contributed by atoms with Gasteiger partial charge in [0, 0.05) is 12.1 Å². The third-order valence-electron chi connectivity index (χ3n) is 4.48. The highest BCUT2D eigenvalue weighted by molar-refractivity contribution is 8.00. The van der Waals surface area contributed by atoms with E-state index >= 15 is 0 Å². The van der Waals surface area contributed by atoms with Gasteiger partial charge < -0.3 is 14.6 Å². The Kier molecular flexibility index (Phi) is 4.61. The fourth-order valence-corrected chi connectivity index (χ4v) is 4.20. The number of carbonyl (C=O) groups is 2. The smallest absolute Gasteiger partial charge is 0.262 e. The van der Waals surface area contributed by atoms with Gasteiger partial charge in [-0.25, -0.2) is 4.98 Å². The molecule has 1 amide bonds. The molecule has 1 aliphatic rings. The number of imidazole rings is 1. The van der Waals surface area contributed by atoms with E-state index in [1.165, 1.54) is 11.8 Å². The number of amides is 1. The van der Waals surface area contributed by atoms with Crippen LogP contribution < -0.4 is 10.1 Å². The summed E-state index contributed by atoms with van der Waals surface area (Å²) in [6.07, 6.45) is 0. The number of aromatic nitrogens is 2. The molecule has 0 spiro atoms. The van der Waals surface area contributed by atoms with E-state index in [2.05, 4.69) is 21.8 Å². The summed E-state index contributed by atoms with van der Waals surface area (Å²) in [5, 5.41) is 3.25. The first kappa shape index (κ1) is 17.6. The number of carbonyl (C=O) groups excluding carboxylic acids is 2. The zero-order valence-corrected chi connectivity index (χ0v) is 15.9. The molecular weight excluding hydrogens is 362 g/mol. The van der Waals surface area contributed by atoms with Crippen LogP contribution in [-0.4, -0.2) is 33.1 Å². The topological polar surface area (TPSA) is 73.2 Å². The number of thioether (sulfide) groups is 1. The Morgan fingerprint density at radius 1 is 1.33 bits per heavy atom. The zero-order valence-electron chi connectivity index (χ0n) is 15.1. The van der Waals surface area contributed by atoms with Crippen LogP contribution in [0.5, 0.6) is 5.75 Å². The van der Waals surface area contributed by atoms with E-state index < -0.39 is 0 Å². The Labute approximate surface area is 160 Å². The van der Waals surface area contributed by atoms with E-state index in [-0.39, 0.29) is 23.5 Å². The van der Waals surface area contributed by atoms with Crippen molar-refractivity contribution in [2.75, 3.05) is 11.9 Å². The Balaban J connectivity index is 1.58. The quantitative estimate of drug-likeness (QED) is 0.538. The van der Waals surface area contributed by atoms with Crippen molar-refractivity contribution in [3.05, 3.63) is 48.0 Å². The Hall–Kier alpha value is -2.80. The van der Waals surface area contributed by atoms with E-state index in [0.29, 0.717) is 17.0 Å². The standard InChI is InChI=1S/C20H19N3O3S/c1-3-23-16-7-5-4-6-14(16)22-20(23)27-12(2)19(25)13-8-9-17-15(10-13)21-18(24)11-26-17/h4-10,12H,3,11H2,1-2H3,(H,21,24)/t12-/m0/s1. The molecule has 7 heteroatoms. The zero-order chi connectivity index (χ0) is 19.0. The molecule has 2 heterocycles. The first-order valence-corrected chi connectivity index (χ1v) is 9.67. The number of Topliss-reactive ketones (excluding diaryl/α,β-unsaturated/α-hetero) is 1. The minimum absolute atomic E-state index is 0.000215. The maximum atomic E-state index is 12.9. The van der Waals surface area contributed by atoms with Crippen molar-refractivity contribution in [1.29, 1.82) is 0 Å². The predicted molar refractivity (Wildman–Crippen MR) is 106 cm³/mol. The highest BCUT2D eigenvalue weighted by atomic mass is 32.2. The molecule has 0 bridgehead atoms. The van der Waals surface area contributed by atoms with Crippen LogP contribution in [0.3, 0.4) is 0 Å². The molecule has 1 atom stereocenters. The van der Waals surface area contributed by atoms with Crippen LogP contribution >= 0.6 is 11.8 Å². The van der Waals surface area contributed by atoms with Crippen molar-refractivity contribution < 1.29 is 14.3 Å². The fourth-order valence-electron chi connectivity index (χ4n) is 3.13. The summed E-state index contributed by atoms with van der Waals surface area (Å²) in [6.45, 7) is 4.73. The summed E-state index contributed by atoms with van der Waals surface area (Å²) in [5.74, 6) is 0.350. The highest BCUT2D eigenvalue weighted by Gasteiger charge is 2.23. The van der Waals surface area contributed by atoms with E-state index in [0.717, 1.165) is 22.7 Å². The van der Waals surface area contributed by atoms with Gasteiger partial charge in [-0.1, -0.05) is 23.9 Å². The van der Waals surface area contributed by atoms with Crippen LogP contribution in [0.15, 0.2) is 47.6 Å². The lowest BCUT2D eigenvalue weighted by Crippen LogP contribution is -2.25. The Bertz CT molecular complexity index is 1040. The van der Waals surface area contributed by atoms with Gasteiger partial charge in [0.05, 0.1) is 22.0 Å². The molecule has 1 N–H and O–H groups in total. The van der Waals surface area contributed by atoms with Gasteiger partial charge in [-0.05, 0) is 44.2 Å². The van der Waals surface area contributed by atoms with Crippen LogP contribution in [0.2, 0.25) is 0 Å². The number of nitrogens with one attached hydrogen (secondary N) is 1. The molecule has 138 valence electrons. The van der Waals surface area contributed by atoms with Gasteiger partial charge >= 0.3 is 0 Å². The Morgan fingerprint density at radius 2 is 2.15 bits per heavy atom. The SMILES string of the molecule is CCn1c(S[C@@H](C)C(=O)c2ccc3c(c2)NC(=O)CO3)nc2ccccc21. The van der Waals surface area contributed by atoms with Gasteiger partial charge in [0.25, 0.3) is 5.91 Å². The normalized spacial score (nSPS) is 14.4. The number of nitrogens with zero attached hydrogens (tertiary/aromatic N) is 2. The molecule has 1 aliphatic heterocycles. The molecule has 27 heavy (non-hydrogen) atoms. The van der Waals surface area contributed by atoms with Crippen LogP contribution in [0, 0.1) is 0 Å². The lowest BCUT2D eigenvalue weighted by Gasteiger charge is -2.19. The number of fused-ring (bicyclic) bond motifs is 2. The van der Waals surface area contributed by atoms with Crippen molar-refractivity contribution >= 4 is 40.2 Å². The van der Waals surface area contributed by atoms with Gasteiger partial charge in [0.15, 0.2) is 17.5 Å². The average Bonchev–Trinajstić information content (AvgIpc) is 3.03. The number of ketones is 1. The number of para-hydroxylation sites is 2. The number of rotatable bonds is 5. The van der Waals surface area contributed by atoms with Gasteiger partial charge in [0.2, 0.25) is 0 Å². The highest BCUT2D eigenvalue weighted by Crippen LogP contribution is 2.32. The van der Waals surface area contributed by atoms with Gasteiger partial charge in [0.1, 0.15) is 5.75 Å². The number of benzene rings is 2. The van der Waals surface area contributed by atoms with Crippen LogP contribution in [0.1, 0.15) is 24.2 Å². The fraction of sp³-hybridized carbons (Fsp3) is 0.250. The average molecular weight is 381 g/mol. The van der Waals surface area contributed by atoms with Crippen molar-refractivity contribution in [2.24, 2.45) is 0 Å². The number of ether oxygens (including phenoxy) is 1. The first-order valence-electron chi connectivity index (χ1n) is 8.79. The summed E-state index contributed by atoms with van der Waals surface area (Å²) in [5.41, 5.74) is 3.07. The molecule has 3 aromatic rings. The minimum atomic E-state index is -0.314. The van der Waals surface area contributed by atoms with E-state index in [4.69, 9.17) is 4.74 Å². The number of hydrogen-bond donors (Lipinski definition) is 1. The second kappa shape index (κ2) is 7.08. The molecule has 0 saturated heterocycles. The molecule has 0 radical (unpaired) electrons. The van der Waals surface area contributed by atoms with Crippen LogP contribution in [0.25, 0.3) is 11.0 Å². The van der Waals surface area contributed by atoms with E-state index in [9.17, 15) is 9.59 Å². The van der Waals surface area contributed by atoms with Crippen LogP contribution in [-0.2, 0) is 11.3 Å². The monoisotopic (exact) mass is 381 g/mol. The predicted octanol–water partition coefficient (Wildman–Crippen LogP) is 3.75. The molecule has 1 aromatic heterocycles. The number of hydrogen-bond acceptors (Lipinski definition) is 5.